The maximum Gasteiger partial charge on any atom is 0.292 e. The number of nitrogens with one attached hydrogen (secondary N) is 1. The van der Waals surface area contributed by atoms with Gasteiger partial charge in [0.25, 0.3) is 5.69 Å². The van der Waals surface area contributed by atoms with Gasteiger partial charge < -0.3 is 9.73 Å². The molecule has 0 aliphatic rings. The SMILES string of the molecule is O=[N+]([O-])c1ccc(F)cc1NCc1coc2ccccc12. The van der Waals surface area contributed by atoms with Gasteiger partial charge in [-0.05, 0) is 12.1 Å². The van der Waals surface area contributed by atoms with Crippen molar-refractivity contribution in [1.82, 2.24) is 0 Å². The topological polar surface area (TPSA) is 68.3 Å². The van der Waals surface area contributed by atoms with E-state index in [9.17, 15) is 14.5 Å². The fourth-order valence-electron chi connectivity index (χ4n) is 2.17. The zero-order valence-corrected chi connectivity index (χ0v) is 10.9. The number of furan rings is 1. The minimum absolute atomic E-state index is 0.144. The predicted octanol–water partition coefficient (Wildman–Crippen LogP) is 4.09. The number of hydrogen-bond donors (Lipinski definition) is 1. The summed E-state index contributed by atoms with van der Waals surface area (Å²) in [7, 11) is 0. The molecule has 0 aliphatic heterocycles. The van der Waals surface area contributed by atoms with Crippen molar-refractivity contribution < 1.29 is 13.7 Å². The van der Waals surface area contributed by atoms with Crippen LogP contribution < -0.4 is 5.32 Å². The minimum Gasteiger partial charge on any atom is -0.464 e. The van der Waals surface area contributed by atoms with Gasteiger partial charge in [0.1, 0.15) is 17.1 Å². The molecule has 0 atom stereocenters. The minimum atomic E-state index is -0.546. The molecule has 1 aromatic heterocycles. The molecule has 0 spiro atoms. The number of fused-ring (bicyclic) bond motifs is 1. The van der Waals surface area contributed by atoms with Crippen LogP contribution in [0.3, 0.4) is 0 Å². The zero-order chi connectivity index (χ0) is 14.8. The third-order valence-electron chi connectivity index (χ3n) is 3.19. The summed E-state index contributed by atoms with van der Waals surface area (Å²) in [6.07, 6.45) is 1.59. The van der Waals surface area contributed by atoms with Crippen molar-refractivity contribution >= 4 is 22.3 Å². The van der Waals surface area contributed by atoms with Crippen molar-refractivity contribution in [2.75, 3.05) is 5.32 Å². The monoisotopic (exact) mass is 286 g/mol. The molecule has 0 bridgehead atoms. The molecular formula is C15H11FN2O3. The van der Waals surface area contributed by atoms with E-state index in [1.807, 2.05) is 24.3 Å². The Kier molecular flexibility index (Phi) is 3.27. The van der Waals surface area contributed by atoms with Crippen molar-refractivity contribution in [2.45, 2.75) is 6.54 Å². The second-order valence-corrected chi connectivity index (χ2v) is 4.53. The summed E-state index contributed by atoms with van der Waals surface area (Å²) in [4.78, 5) is 10.4. The molecule has 0 saturated heterocycles. The Balaban J connectivity index is 1.88. The number of nitro benzene ring substituents is 1. The van der Waals surface area contributed by atoms with Crippen LogP contribution in [0, 0.1) is 15.9 Å². The van der Waals surface area contributed by atoms with Crippen LogP contribution in [-0.4, -0.2) is 4.92 Å². The molecule has 21 heavy (non-hydrogen) atoms. The highest BCUT2D eigenvalue weighted by atomic mass is 19.1. The van der Waals surface area contributed by atoms with E-state index in [-0.39, 0.29) is 11.4 Å². The molecule has 0 aliphatic carbocycles. The first-order valence-corrected chi connectivity index (χ1v) is 6.28. The molecule has 5 nitrogen and oxygen atoms in total. The first-order valence-electron chi connectivity index (χ1n) is 6.28. The molecule has 0 saturated carbocycles. The number of halogens is 1. The number of rotatable bonds is 4. The van der Waals surface area contributed by atoms with Crippen molar-refractivity contribution in [3.63, 3.8) is 0 Å². The number of nitro groups is 1. The van der Waals surface area contributed by atoms with Crippen molar-refractivity contribution in [1.29, 1.82) is 0 Å². The lowest BCUT2D eigenvalue weighted by Gasteiger charge is -2.06. The first-order chi connectivity index (χ1) is 10.1. The van der Waals surface area contributed by atoms with E-state index in [0.29, 0.717) is 6.54 Å². The number of nitrogens with zero attached hydrogens (tertiary/aromatic N) is 1. The summed E-state index contributed by atoms with van der Waals surface area (Å²) in [5.41, 5.74) is 1.57. The van der Waals surface area contributed by atoms with Gasteiger partial charge in [-0.15, -0.1) is 0 Å². The summed E-state index contributed by atoms with van der Waals surface area (Å²) in [5.74, 6) is -0.528. The second kappa shape index (κ2) is 5.24. The van der Waals surface area contributed by atoms with Crippen molar-refractivity contribution in [3.05, 3.63) is 70.2 Å². The molecule has 0 radical (unpaired) electrons. The van der Waals surface area contributed by atoms with Gasteiger partial charge in [-0.1, -0.05) is 18.2 Å². The molecule has 3 aromatic rings. The molecule has 0 fully saturated rings. The average Bonchev–Trinajstić information content (AvgIpc) is 2.88. The van der Waals surface area contributed by atoms with Crippen LogP contribution in [0.2, 0.25) is 0 Å². The standard InChI is InChI=1S/C15H11FN2O3/c16-11-5-6-14(18(19)20)13(7-11)17-8-10-9-21-15-4-2-1-3-12(10)15/h1-7,9,17H,8H2. The third-order valence-corrected chi connectivity index (χ3v) is 3.19. The summed E-state index contributed by atoms with van der Waals surface area (Å²) in [6.45, 7) is 0.307. The lowest BCUT2D eigenvalue weighted by atomic mass is 10.1. The summed E-state index contributed by atoms with van der Waals surface area (Å²) in [5, 5.41) is 14.7. The summed E-state index contributed by atoms with van der Waals surface area (Å²) >= 11 is 0. The first kappa shape index (κ1) is 13.1. The van der Waals surface area contributed by atoms with E-state index in [2.05, 4.69) is 5.32 Å². The van der Waals surface area contributed by atoms with Gasteiger partial charge in [-0.3, -0.25) is 10.1 Å². The normalized spacial score (nSPS) is 10.7. The Morgan fingerprint density at radius 2 is 2.05 bits per heavy atom. The molecule has 106 valence electrons. The van der Waals surface area contributed by atoms with Gasteiger partial charge in [-0.2, -0.15) is 0 Å². The van der Waals surface area contributed by atoms with Crippen LogP contribution in [0.25, 0.3) is 11.0 Å². The maximum atomic E-state index is 13.2. The predicted molar refractivity (Wildman–Crippen MR) is 76.6 cm³/mol. The maximum absolute atomic E-state index is 13.2. The van der Waals surface area contributed by atoms with Crippen LogP contribution in [0.5, 0.6) is 0 Å². The lowest BCUT2D eigenvalue weighted by molar-refractivity contribution is -0.384. The van der Waals surface area contributed by atoms with Crippen LogP contribution in [0.1, 0.15) is 5.56 Å². The quantitative estimate of drug-likeness (QED) is 0.579. The van der Waals surface area contributed by atoms with Crippen molar-refractivity contribution in [3.8, 4) is 0 Å². The van der Waals surface area contributed by atoms with Gasteiger partial charge in [-0.25, -0.2) is 4.39 Å². The molecule has 6 heteroatoms. The Hall–Kier alpha value is -2.89. The Labute approximate surface area is 119 Å². The van der Waals surface area contributed by atoms with Gasteiger partial charge >= 0.3 is 0 Å². The summed E-state index contributed by atoms with van der Waals surface area (Å²) < 4.78 is 18.6. The van der Waals surface area contributed by atoms with E-state index < -0.39 is 10.7 Å². The Bertz CT molecular complexity index is 814. The number of para-hydroxylation sites is 1. The molecular weight excluding hydrogens is 275 g/mol. The highest BCUT2D eigenvalue weighted by Crippen LogP contribution is 2.27. The van der Waals surface area contributed by atoms with E-state index >= 15 is 0 Å². The van der Waals surface area contributed by atoms with E-state index in [1.54, 1.807) is 6.26 Å². The van der Waals surface area contributed by atoms with Gasteiger partial charge in [0.05, 0.1) is 11.2 Å². The summed E-state index contributed by atoms with van der Waals surface area (Å²) in [6, 6.07) is 10.8. The van der Waals surface area contributed by atoms with Crippen LogP contribution in [-0.2, 0) is 6.54 Å². The lowest BCUT2D eigenvalue weighted by Crippen LogP contribution is -2.02. The van der Waals surface area contributed by atoms with Gasteiger partial charge in [0.15, 0.2) is 0 Å². The number of anilines is 1. The largest absolute Gasteiger partial charge is 0.464 e. The molecule has 0 amide bonds. The Morgan fingerprint density at radius 3 is 2.86 bits per heavy atom. The molecule has 1 N–H and O–H groups in total. The average molecular weight is 286 g/mol. The van der Waals surface area contributed by atoms with Crippen LogP contribution >= 0.6 is 0 Å². The molecule has 2 aromatic carbocycles. The van der Waals surface area contributed by atoms with E-state index in [4.69, 9.17) is 4.42 Å². The number of hydrogen-bond acceptors (Lipinski definition) is 4. The number of benzene rings is 2. The highest BCUT2D eigenvalue weighted by molar-refractivity contribution is 5.81. The van der Waals surface area contributed by atoms with Crippen LogP contribution in [0.15, 0.2) is 53.1 Å². The highest BCUT2D eigenvalue weighted by Gasteiger charge is 2.15. The smallest absolute Gasteiger partial charge is 0.292 e. The zero-order valence-electron chi connectivity index (χ0n) is 10.9. The van der Waals surface area contributed by atoms with Gasteiger partial charge in [0.2, 0.25) is 0 Å². The Morgan fingerprint density at radius 1 is 1.24 bits per heavy atom. The fourth-order valence-corrected chi connectivity index (χ4v) is 2.17. The molecule has 0 unspecified atom stereocenters. The fraction of sp³-hybridized carbons (Fsp3) is 0.0667. The molecule has 3 rings (SSSR count). The van der Waals surface area contributed by atoms with Crippen molar-refractivity contribution in [2.24, 2.45) is 0 Å². The molecule has 1 heterocycles. The third kappa shape index (κ3) is 2.55. The second-order valence-electron chi connectivity index (χ2n) is 4.53. The van der Waals surface area contributed by atoms with E-state index in [0.717, 1.165) is 34.7 Å². The van der Waals surface area contributed by atoms with Gasteiger partial charge in [0, 0.05) is 29.6 Å². The van der Waals surface area contributed by atoms with E-state index in [1.165, 1.54) is 0 Å². The van der Waals surface area contributed by atoms with Crippen LogP contribution in [0.4, 0.5) is 15.8 Å².